The predicted molar refractivity (Wildman–Crippen MR) is 112 cm³/mol. The normalized spacial score (nSPS) is 12.6. The van der Waals surface area contributed by atoms with E-state index in [9.17, 15) is 22.8 Å². The van der Waals surface area contributed by atoms with Gasteiger partial charge in [0.25, 0.3) is 17.5 Å². The smallest absolute Gasteiger partial charge is 0.453 e. The lowest BCUT2D eigenvalue weighted by atomic mass is 10.1. The van der Waals surface area contributed by atoms with E-state index in [0.717, 1.165) is 10.1 Å². The van der Waals surface area contributed by atoms with Gasteiger partial charge in [-0.2, -0.15) is 18.2 Å². The van der Waals surface area contributed by atoms with Gasteiger partial charge in [-0.1, -0.05) is 29.8 Å². The molecule has 3 aromatic rings. The van der Waals surface area contributed by atoms with Crippen molar-refractivity contribution in [2.24, 2.45) is 0 Å². The molecule has 0 saturated carbocycles. The minimum Gasteiger partial charge on any atom is -0.453 e. The Labute approximate surface area is 192 Å². The molecule has 0 fully saturated rings. The second kappa shape index (κ2) is 9.74. The molecule has 0 aliphatic carbocycles. The van der Waals surface area contributed by atoms with Crippen molar-refractivity contribution in [1.82, 2.24) is 24.9 Å². The van der Waals surface area contributed by atoms with Gasteiger partial charge in [-0.25, -0.2) is 9.50 Å². The number of benzene rings is 1. The molecule has 1 aromatic carbocycles. The first kappa shape index (κ1) is 24.4. The number of fused-ring (bicyclic) bond motifs is 1. The number of rotatable bonds is 7. The van der Waals surface area contributed by atoms with Crippen molar-refractivity contribution in [3.05, 3.63) is 57.6 Å². The zero-order valence-electron chi connectivity index (χ0n) is 18.0. The lowest BCUT2D eigenvalue weighted by molar-refractivity contribution is -0.154. The fraction of sp³-hybridized carbons (Fsp3) is 0.381. The zero-order chi connectivity index (χ0) is 24.3. The van der Waals surface area contributed by atoms with Crippen molar-refractivity contribution >= 4 is 29.3 Å². The third-order valence-electron chi connectivity index (χ3n) is 4.97. The van der Waals surface area contributed by atoms with E-state index in [0.29, 0.717) is 22.0 Å². The van der Waals surface area contributed by atoms with Crippen molar-refractivity contribution in [1.29, 1.82) is 0 Å². The van der Waals surface area contributed by atoms with Crippen LogP contribution in [0.25, 0.3) is 5.78 Å². The van der Waals surface area contributed by atoms with Crippen LogP contribution < -0.4 is 5.32 Å². The average molecular weight is 484 g/mol. The van der Waals surface area contributed by atoms with E-state index in [4.69, 9.17) is 16.3 Å². The molecule has 12 heteroatoms. The number of nitrogens with one attached hydrogen (secondary N) is 1. The summed E-state index contributed by atoms with van der Waals surface area (Å²) in [6.45, 7) is 4.81. The fourth-order valence-electron chi connectivity index (χ4n) is 3.19. The number of hydrogen-bond acceptors (Lipinski definition) is 6. The van der Waals surface area contributed by atoms with Crippen molar-refractivity contribution in [2.45, 2.75) is 52.4 Å². The second-order valence-corrected chi connectivity index (χ2v) is 7.75. The Bertz CT molecular complexity index is 1200. The maximum atomic E-state index is 12.9. The number of esters is 1. The van der Waals surface area contributed by atoms with Crippen molar-refractivity contribution < 1.29 is 27.5 Å². The summed E-state index contributed by atoms with van der Waals surface area (Å²) >= 11 is 6.05. The van der Waals surface area contributed by atoms with Crippen LogP contribution >= 0.6 is 11.6 Å². The van der Waals surface area contributed by atoms with Crippen LogP contribution in [0.3, 0.4) is 0 Å². The van der Waals surface area contributed by atoms with Gasteiger partial charge in [-0.05, 0) is 44.4 Å². The third kappa shape index (κ3) is 5.78. The molecule has 0 radical (unpaired) electrons. The predicted octanol–water partition coefficient (Wildman–Crippen LogP) is 3.59. The summed E-state index contributed by atoms with van der Waals surface area (Å²) in [4.78, 5) is 32.0. The van der Waals surface area contributed by atoms with Gasteiger partial charge in [-0.3, -0.25) is 9.59 Å². The summed E-state index contributed by atoms with van der Waals surface area (Å²) < 4.78 is 44.9. The first-order valence-corrected chi connectivity index (χ1v) is 10.4. The Hall–Kier alpha value is -3.21. The molecule has 0 saturated heterocycles. The molecular formula is C21H21ClF3N5O3. The Balaban J connectivity index is 1.59. The number of ether oxygens (including phenoxy) is 1. The van der Waals surface area contributed by atoms with Crippen LogP contribution in [0.15, 0.2) is 24.3 Å². The van der Waals surface area contributed by atoms with E-state index in [2.05, 4.69) is 20.4 Å². The lowest BCUT2D eigenvalue weighted by Crippen LogP contribution is -2.35. The second-order valence-electron chi connectivity index (χ2n) is 7.35. The molecule has 33 heavy (non-hydrogen) atoms. The molecule has 0 bridgehead atoms. The number of halogens is 4. The van der Waals surface area contributed by atoms with E-state index in [-0.39, 0.29) is 25.2 Å². The molecule has 3 rings (SSSR count). The van der Waals surface area contributed by atoms with Gasteiger partial charge in [0, 0.05) is 29.4 Å². The molecule has 1 unspecified atom stereocenters. The number of hydrogen-bond donors (Lipinski definition) is 1. The molecule has 0 spiro atoms. The molecule has 1 amide bonds. The minimum atomic E-state index is -4.69. The van der Waals surface area contributed by atoms with Crippen molar-refractivity contribution in [2.75, 3.05) is 0 Å². The number of carbonyl (C=O) groups excluding carboxylic acids is 2. The van der Waals surface area contributed by atoms with Crippen LogP contribution in [-0.4, -0.2) is 37.6 Å². The van der Waals surface area contributed by atoms with Gasteiger partial charge >= 0.3 is 12.1 Å². The summed E-state index contributed by atoms with van der Waals surface area (Å²) in [5.74, 6) is -2.58. The zero-order valence-corrected chi connectivity index (χ0v) is 18.8. The fourth-order valence-corrected chi connectivity index (χ4v) is 3.40. The molecular weight excluding hydrogens is 463 g/mol. The molecule has 1 N–H and O–H groups in total. The SMILES string of the molecule is Cc1nc2nc(C(F)(F)F)nn2c(C)c1CCC(=O)OC(C)C(=O)NCc1ccccc1Cl. The van der Waals surface area contributed by atoms with Crippen LogP contribution in [0.2, 0.25) is 5.02 Å². The van der Waals surface area contributed by atoms with Gasteiger partial charge in [0.1, 0.15) is 0 Å². The highest BCUT2D eigenvalue weighted by Crippen LogP contribution is 2.27. The van der Waals surface area contributed by atoms with E-state index >= 15 is 0 Å². The number of aryl methyl sites for hydroxylation is 2. The Morgan fingerprint density at radius 2 is 1.91 bits per heavy atom. The summed E-state index contributed by atoms with van der Waals surface area (Å²) in [6.07, 6.45) is -5.68. The Kier molecular flexibility index (Phi) is 7.21. The number of nitrogens with zero attached hydrogens (tertiary/aromatic N) is 4. The van der Waals surface area contributed by atoms with Crippen LogP contribution in [0.5, 0.6) is 0 Å². The van der Waals surface area contributed by atoms with Gasteiger partial charge in [0.05, 0.1) is 0 Å². The lowest BCUT2D eigenvalue weighted by Gasteiger charge is -2.15. The van der Waals surface area contributed by atoms with E-state index < -0.39 is 30.0 Å². The van der Waals surface area contributed by atoms with Gasteiger partial charge in [0.15, 0.2) is 6.10 Å². The average Bonchev–Trinajstić information content (AvgIpc) is 3.17. The molecule has 8 nitrogen and oxygen atoms in total. The summed E-state index contributed by atoms with van der Waals surface area (Å²) in [5, 5.41) is 6.63. The Morgan fingerprint density at radius 1 is 1.21 bits per heavy atom. The molecule has 0 aliphatic rings. The van der Waals surface area contributed by atoms with Gasteiger partial charge in [0.2, 0.25) is 0 Å². The third-order valence-corrected chi connectivity index (χ3v) is 5.34. The topological polar surface area (TPSA) is 98.5 Å². The first-order valence-electron chi connectivity index (χ1n) is 9.98. The standard InChI is InChI=1S/C21H21ClF3N5O3/c1-11-15(12(2)30-20(27-11)28-19(29-30)21(23,24)25)8-9-17(31)33-13(3)18(32)26-10-14-6-4-5-7-16(14)22/h4-7,13H,8-10H2,1-3H3,(H,26,32). The van der Waals surface area contributed by atoms with E-state index in [1.807, 2.05) is 0 Å². The quantitative estimate of drug-likeness (QED) is 0.516. The Morgan fingerprint density at radius 3 is 2.58 bits per heavy atom. The molecule has 2 heterocycles. The number of carbonyl (C=O) groups is 2. The van der Waals surface area contributed by atoms with Crippen molar-refractivity contribution in [3.63, 3.8) is 0 Å². The molecule has 0 aliphatic heterocycles. The van der Waals surface area contributed by atoms with Gasteiger partial charge in [-0.15, -0.1) is 5.10 Å². The number of amides is 1. The summed E-state index contributed by atoms with van der Waals surface area (Å²) in [7, 11) is 0. The number of alkyl halides is 3. The van der Waals surface area contributed by atoms with Crippen LogP contribution in [0.1, 0.15) is 41.7 Å². The highest BCUT2D eigenvalue weighted by molar-refractivity contribution is 6.31. The highest BCUT2D eigenvalue weighted by Gasteiger charge is 2.37. The molecule has 1 atom stereocenters. The van der Waals surface area contributed by atoms with Gasteiger partial charge < -0.3 is 10.1 Å². The molecule has 2 aromatic heterocycles. The van der Waals surface area contributed by atoms with Crippen LogP contribution in [0.4, 0.5) is 13.2 Å². The van der Waals surface area contributed by atoms with E-state index in [1.165, 1.54) is 6.92 Å². The summed E-state index contributed by atoms with van der Waals surface area (Å²) in [6, 6.07) is 7.02. The van der Waals surface area contributed by atoms with Crippen molar-refractivity contribution in [3.8, 4) is 0 Å². The minimum absolute atomic E-state index is 0.0994. The van der Waals surface area contributed by atoms with Crippen LogP contribution in [0, 0.1) is 13.8 Å². The van der Waals surface area contributed by atoms with Crippen LogP contribution in [-0.2, 0) is 33.5 Å². The van der Waals surface area contributed by atoms with E-state index in [1.54, 1.807) is 38.1 Å². The maximum absolute atomic E-state index is 12.9. The first-order chi connectivity index (χ1) is 15.5. The largest absolute Gasteiger partial charge is 0.453 e. The number of aromatic nitrogens is 4. The monoisotopic (exact) mass is 483 g/mol. The summed E-state index contributed by atoms with van der Waals surface area (Å²) in [5.41, 5.74) is 2.09. The molecule has 176 valence electrons. The maximum Gasteiger partial charge on any atom is 0.453 e. The highest BCUT2D eigenvalue weighted by atomic mass is 35.5.